The number of anilines is 3. The fourth-order valence-corrected chi connectivity index (χ4v) is 9.09. The Morgan fingerprint density at radius 1 is 0.842 bits per heavy atom. The number of rotatable bonds is 21. The van der Waals surface area contributed by atoms with Crippen LogP contribution in [0.3, 0.4) is 0 Å². The molecule has 2 atom stereocenters. The van der Waals surface area contributed by atoms with Crippen LogP contribution in [0.5, 0.6) is 5.75 Å². The molecule has 0 bridgehead atoms. The normalized spacial score (nSPS) is 15.1. The fourth-order valence-electron chi connectivity index (χ4n) is 6.12. The molecule has 4 aromatic carbocycles. The molecule has 0 spiro atoms. The number of halogens is 4. The highest BCUT2D eigenvalue weighted by Crippen LogP contribution is 2.41. The minimum atomic E-state index is -1.96. The average Bonchev–Trinajstić information content (AvgIpc) is 3.46. The van der Waals surface area contributed by atoms with Crippen LogP contribution in [-0.4, -0.2) is 27.1 Å². The van der Waals surface area contributed by atoms with Gasteiger partial charge >= 0.3 is 11.3 Å². The first-order chi connectivity index (χ1) is 27.5. The monoisotopic (exact) mass is 889 g/mol. The third-order valence-corrected chi connectivity index (χ3v) is 12.2. The Morgan fingerprint density at radius 3 is 2.14 bits per heavy atom. The van der Waals surface area contributed by atoms with E-state index in [-0.39, 0.29) is 27.5 Å². The van der Waals surface area contributed by atoms with Gasteiger partial charge in [-0.25, -0.2) is 10.0 Å². The quantitative estimate of drug-likeness (QED) is 0.0719. The van der Waals surface area contributed by atoms with Crippen molar-refractivity contribution in [1.29, 1.82) is 0 Å². The molecule has 1 aliphatic rings. The molecule has 4 aromatic rings. The number of amides is 2. The maximum Gasteiger partial charge on any atom is 0.316 e. The molecule has 2 amide bonds. The minimum absolute atomic E-state index is 0.0968. The molecule has 0 aliphatic carbocycles. The molecule has 0 radical (unpaired) electrons. The van der Waals surface area contributed by atoms with Crippen LogP contribution in [0, 0.1) is 6.92 Å². The molecule has 1 heterocycles. The number of nitrogens with zero attached hydrogens (tertiary/aromatic N) is 2. The van der Waals surface area contributed by atoms with Gasteiger partial charge < -0.3 is 9.50 Å². The van der Waals surface area contributed by atoms with E-state index in [9.17, 15) is 13.8 Å². The maximum atomic E-state index is 14.3. The number of aliphatic imine (C=N–C) groups is 1. The molecule has 15 heteroatoms. The number of para-hydroxylation sites is 1. The molecule has 3 N–H and O–H groups in total. The number of thioether (sulfide) groups is 1. The number of carbonyl (C=O) groups is 2. The van der Waals surface area contributed by atoms with Crippen LogP contribution in [-0.2, 0) is 20.9 Å². The Labute approximate surface area is 362 Å². The molecule has 1 aliphatic heterocycles. The van der Waals surface area contributed by atoms with Gasteiger partial charge in [-0.15, -0.1) is 11.8 Å². The first-order valence-electron chi connectivity index (χ1n) is 19.1. The van der Waals surface area contributed by atoms with E-state index in [1.165, 1.54) is 68.5 Å². The van der Waals surface area contributed by atoms with Gasteiger partial charge in [-0.1, -0.05) is 147 Å². The predicted molar refractivity (Wildman–Crippen MR) is 240 cm³/mol. The van der Waals surface area contributed by atoms with Crippen LogP contribution >= 0.6 is 58.2 Å². The lowest BCUT2D eigenvalue weighted by atomic mass is 10.1. The first-order valence-corrected chi connectivity index (χ1v) is 22.6. The summed E-state index contributed by atoms with van der Waals surface area (Å²) in [6.07, 6.45) is 13.7. The number of nitrogens with one attached hydrogen (secondary N) is 3. The fraction of sp³-hybridized carbons (Fsp3) is 0.357. The standard InChI is InChI=1S/C42H47Cl4N5O4S2/c1-3-4-5-6-7-8-9-10-11-12-13-18-38(52)47-30-21-24-32(44)36(27-30)48-41-40(42(53)51(49-41)39-33(45)25-29(43)26-34(39)46)56-37-17-15-14-16-35(37)50-57(54)55-31-22-19-28(2)20-23-31/h14-17,19-27,40,50H,3-13,18H2,1-2H3,(H,47,52)(H,48,49). The molecule has 57 heavy (non-hydrogen) atoms. The van der Waals surface area contributed by atoms with Crippen molar-refractivity contribution in [2.24, 2.45) is 4.99 Å². The summed E-state index contributed by atoms with van der Waals surface area (Å²) in [5.74, 6) is 0.105. The second-order valence-electron chi connectivity index (χ2n) is 13.7. The maximum absolute atomic E-state index is 14.3. The van der Waals surface area contributed by atoms with Gasteiger partial charge in [0.25, 0.3) is 5.91 Å². The van der Waals surface area contributed by atoms with Crippen LogP contribution < -0.4 is 24.7 Å². The smallest absolute Gasteiger partial charge is 0.316 e. The van der Waals surface area contributed by atoms with Crippen LogP contribution in [0.4, 0.5) is 22.7 Å². The third-order valence-electron chi connectivity index (χ3n) is 9.12. The summed E-state index contributed by atoms with van der Waals surface area (Å²) in [5.41, 5.74) is 5.61. The molecule has 1 fully saturated rings. The zero-order valence-electron chi connectivity index (χ0n) is 31.9. The average molecular weight is 892 g/mol. The molecule has 2 unspecified atom stereocenters. The molecule has 304 valence electrons. The van der Waals surface area contributed by atoms with Gasteiger partial charge in [0, 0.05) is 22.0 Å². The summed E-state index contributed by atoms with van der Waals surface area (Å²) in [6, 6.07) is 22.2. The zero-order chi connectivity index (χ0) is 40.7. The third kappa shape index (κ3) is 13.5. The van der Waals surface area contributed by atoms with Crippen molar-refractivity contribution in [2.45, 2.75) is 101 Å². The summed E-state index contributed by atoms with van der Waals surface area (Å²) >= 11 is 25.2. The Bertz CT molecular complexity index is 2030. The zero-order valence-corrected chi connectivity index (χ0v) is 36.6. The number of benzene rings is 4. The van der Waals surface area contributed by atoms with Gasteiger partial charge in [0.2, 0.25) is 5.91 Å². The van der Waals surface area contributed by atoms with E-state index in [2.05, 4.69) is 22.4 Å². The van der Waals surface area contributed by atoms with Crippen LogP contribution in [0.1, 0.15) is 89.5 Å². The molecule has 5 rings (SSSR count). The molecule has 0 aromatic heterocycles. The SMILES string of the molecule is CCCCCCCCCCCCCC(=O)Nc1ccc(Cl)c(N=C2NN(c3c(Cl)cc(Cl)cc3Cl)C(=O)C2Sc2ccccc2NS(=O)Oc2ccc(C)cc2)c1. The first kappa shape index (κ1) is 44.6. The lowest BCUT2D eigenvalue weighted by Crippen LogP contribution is -2.36. The van der Waals surface area contributed by atoms with Crippen LogP contribution in [0.15, 0.2) is 88.8 Å². The lowest BCUT2D eigenvalue weighted by molar-refractivity contribution is -0.117. The highest BCUT2D eigenvalue weighted by molar-refractivity contribution is 8.01. The summed E-state index contributed by atoms with van der Waals surface area (Å²) in [5, 5.41) is 4.10. The van der Waals surface area contributed by atoms with Crippen molar-refractivity contribution in [3.63, 3.8) is 0 Å². The molecule has 1 saturated heterocycles. The number of hydrogen-bond donors (Lipinski definition) is 3. The van der Waals surface area contributed by atoms with Crippen molar-refractivity contribution in [1.82, 2.24) is 5.43 Å². The highest BCUT2D eigenvalue weighted by Gasteiger charge is 2.41. The van der Waals surface area contributed by atoms with Crippen molar-refractivity contribution in [2.75, 3.05) is 15.0 Å². The Morgan fingerprint density at radius 2 is 1.47 bits per heavy atom. The van der Waals surface area contributed by atoms with Gasteiger partial charge in [-0.2, -0.15) is 4.21 Å². The molecular formula is C42H47Cl4N5O4S2. The molecule has 9 nitrogen and oxygen atoms in total. The highest BCUT2D eigenvalue weighted by atomic mass is 35.5. The largest absolute Gasteiger partial charge is 0.385 e. The van der Waals surface area contributed by atoms with Crippen molar-refractivity contribution < 1.29 is 18.0 Å². The van der Waals surface area contributed by atoms with Gasteiger partial charge in [0.05, 0.1) is 26.4 Å². The van der Waals surface area contributed by atoms with Gasteiger partial charge in [0.1, 0.15) is 22.5 Å². The van der Waals surface area contributed by atoms with E-state index in [1.54, 1.807) is 54.6 Å². The van der Waals surface area contributed by atoms with E-state index in [0.717, 1.165) is 36.6 Å². The Kier molecular flexibility index (Phi) is 17.7. The minimum Gasteiger partial charge on any atom is -0.385 e. The summed E-state index contributed by atoms with van der Waals surface area (Å²) in [6.45, 7) is 4.18. The topological polar surface area (TPSA) is 112 Å². The number of amidine groups is 1. The number of aryl methyl sites for hydroxylation is 1. The van der Waals surface area contributed by atoms with Crippen LogP contribution in [0.25, 0.3) is 0 Å². The number of carbonyl (C=O) groups excluding carboxylic acids is 2. The summed E-state index contributed by atoms with van der Waals surface area (Å²) < 4.78 is 21.5. The van der Waals surface area contributed by atoms with Crippen molar-refractivity contribution in [3.05, 3.63) is 105 Å². The molecule has 0 saturated carbocycles. The van der Waals surface area contributed by atoms with E-state index in [1.807, 2.05) is 19.1 Å². The van der Waals surface area contributed by atoms with Crippen molar-refractivity contribution >= 4 is 110 Å². The van der Waals surface area contributed by atoms with Gasteiger partial charge in [-0.3, -0.25) is 19.7 Å². The lowest BCUT2D eigenvalue weighted by Gasteiger charge is -2.19. The summed E-state index contributed by atoms with van der Waals surface area (Å²) in [4.78, 5) is 32.6. The number of hydrazine groups is 1. The van der Waals surface area contributed by atoms with E-state index in [4.69, 9.17) is 55.6 Å². The van der Waals surface area contributed by atoms with E-state index >= 15 is 0 Å². The van der Waals surface area contributed by atoms with E-state index in [0.29, 0.717) is 44.2 Å². The Hall–Kier alpha value is -3.45. The predicted octanol–water partition coefficient (Wildman–Crippen LogP) is 13.1. The summed E-state index contributed by atoms with van der Waals surface area (Å²) in [7, 11) is 0. The number of hydrogen-bond acceptors (Lipinski definition) is 6. The van der Waals surface area contributed by atoms with E-state index < -0.39 is 22.4 Å². The number of unbranched alkanes of at least 4 members (excludes halogenated alkanes) is 10. The van der Waals surface area contributed by atoms with Crippen LogP contribution in [0.2, 0.25) is 20.1 Å². The van der Waals surface area contributed by atoms with Gasteiger partial charge in [-0.05, 0) is 67.9 Å². The van der Waals surface area contributed by atoms with Crippen molar-refractivity contribution in [3.8, 4) is 5.75 Å². The Balaban J connectivity index is 1.30. The molecular weight excluding hydrogens is 844 g/mol. The second-order valence-corrected chi connectivity index (χ2v) is 17.4. The van der Waals surface area contributed by atoms with Gasteiger partial charge in [0.15, 0.2) is 0 Å². The second kappa shape index (κ2) is 22.6.